The van der Waals surface area contributed by atoms with Gasteiger partial charge in [0.05, 0.1) is 12.1 Å². The molecule has 0 aliphatic carbocycles. The molecule has 1 amide bonds. The lowest BCUT2D eigenvalue weighted by Gasteiger charge is -2.42. The van der Waals surface area contributed by atoms with Crippen molar-refractivity contribution < 1.29 is 9.90 Å². The smallest absolute Gasteiger partial charge is 0.236 e. The minimum atomic E-state index is -0.819. The lowest BCUT2D eigenvalue weighted by atomic mass is 9.90. The van der Waals surface area contributed by atoms with Crippen LogP contribution in [-0.4, -0.2) is 70.8 Å². The highest BCUT2D eigenvalue weighted by atomic mass is 35.5. The van der Waals surface area contributed by atoms with Gasteiger partial charge in [-0.05, 0) is 30.5 Å². The fourth-order valence-corrected chi connectivity index (χ4v) is 3.12. The highest BCUT2D eigenvalue weighted by Gasteiger charge is 2.36. The summed E-state index contributed by atoms with van der Waals surface area (Å²) >= 11 is 5.82. The highest BCUT2D eigenvalue weighted by Crippen LogP contribution is 2.26. The fourth-order valence-electron chi connectivity index (χ4n) is 2.98. The summed E-state index contributed by atoms with van der Waals surface area (Å²) in [6, 6.07) is 1.82. The Balaban J connectivity index is 0.00000192. The van der Waals surface area contributed by atoms with E-state index in [-0.39, 0.29) is 23.6 Å². The largest absolute Gasteiger partial charge is 0.388 e. The number of nitrogens with one attached hydrogen (secondary N) is 1. The molecule has 0 radical (unpaired) electrons. The normalized spacial score (nSPS) is 21.0. The van der Waals surface area contributed by atoms with Crippen molar-refractivity contribution in [3.8, 4) is 0 Å². The number of aromatic nitrogens is 2. The van der Waals surface area contributed by atoms with Crippen LogP contribution in [0, 0.1) is 0 Å². The Labute approximate surface area is 146 Å². The number of anilines is 1. The van der Waals surface area contributed by atoms with Crippen molar-refractivity contribution in [1.29, 1.82) is 0 Å². The summed E-state index contributed by atoms with van der Waals surface area (Å²) in [6.45, 7) is 3.58. The summed E-state index contributed by atoms with van der Waals surface area (Å²) in [6.07, 6.45) is 2.84. The first-order chi connectivity index (χ1) is 10.6. The zero-order valence-corrected chi connectivity index (χ0v) is 14.3. The number of piperazine rings is 1. The number of amides is 1. The second-order valence-electron chi connectivity index (χ2n) is 5.89. The molecule has 7 nitrogen and oxygen atoms in total. The predicted octanol–water partition coefficient (Wildman–Crippen LogP) is 0.315. The van der Waals surface area contributed by atoms with Crippen molar-refractivity contribution in [2.24, 2.45) is 0 Å². The number of hydrogen-bond donors (Lipinski definition) is 2. The van der Waals surface area contributed by atoms with E-state index in [2.05, 4.69) is 20.2 Å². The molecule has 0 spiro atoms. The number of rotatable bonds is 3. The molecular weight excluding hydrogens is 341 g/mol. The molecule has 0 bridgehead atoms. The summed E-state index contributed by atoms with van der Waals surface area (Å²) in [4.78, 5) is 23.8. The molecule has 23 heavy (non-hydrogen) atoms. The molecule has 2 N–H and O–H groups in total. The van der Waals surface area contributed by atoms with Crippen molar-refractivity contribution >= 4 is 35.7 Å². The van der Waals surface area contributed by atoms with Crippen LogP contribution in [0.4, 0.5) is 5.82 Å². The summed E-state index contributed by atoms with van der Waals surface area (Å²) in [5.41, 5.74) is -0.819. The average molecular weight is 362 g/mol. The maximum atomic E-state index is 11.8. The van der Waals surface area contributed by atoms with Gasteiger partial charge in [-0.3, -0.25) is 4.79 Å². The minimum Gasteiger partial charge on any atom is -0.388 e. The third-order valence-electron chi connectivity index (χ3n) is 4.30. The molecular formula is C14H21Cl2N5O2. The van der Waals surface area contributed by atoms with Crippen LogP contribution < -0.4 is 10.2 Å². The first kappa shape index (κ1) is 18.2. The van der Waals surface area contributed by atoms with Crippen molar-refractivity contribution in [2.75, 3.05) is 44.2 Å². The summed E-state index contributed by atoms with van der Waals surface area (Å²) in [5, 5.41) is 14.0. The predicted molar refractivity (Wildman–Crippen MR) is 90.1 cm³/mol. The van der Waals surface area contributed by atoms with Gasteiger partial charge in [0.15, 0.2) is 0 Å². The molecule has 0 aromatic carbocycles. The molecule has 2 saturated heterocycles. The van der Waals surface area contributed by atoms with Crippen LogP contribution in [0.15, 0.2) is 12.3 Å². The molecule has 0 unspecified atom stereocenters. The number of hydrogen-bond acceptors (Lipinski definition) is 6. The zero-order valence-electron chi connectivity index (χ0n) is 12.7. The van der Waals surface area contributed by atoms with Gasteiger partial charge in [-0.1, -0.05) is 0 Å². The van der Waals surface area contributed by atoms with E-state index in [1.807, 2.05) is 6.07 Å². The Morgan fingerprint density at radius 3 is 2.74 bits per heavy atom. The summed E-state index contributed by atoms with van der Waals surface area (Å²) in [5.74, 6) is 0.838. The molecule has 2 fully saturated rings. The van der Waals surface area contributed by atoms with Crippen LogP contribution in [0.3, 0.4) is 0 Å². The van der Waals surface area contributed by atoms with Crippen LogP contribution in [0.5, 0.6) is 0 Å². The first-order valence-corrected chi connectivity index (χ1v) is 7.88. The Kier molecular flexibility index (Phi) is 6.02. The number of halogens is 2. The van der Waals surface area contributed by atoms with E-state index >= 15 is 0 Å². The van der Waals surface area contributed by atoms with Crippen LogP contribution in [0.25, 0.3) is 0 Å². The number of piperidine rings is 1. The van der Waals surface area contributed by atoms with Gasteiger partial charge >= 0.3 is 0 Å². The number of carbonyl (C=O) groups is 1. The van der Waals surface area contributed by atoms with E-state index in [4.69, 9.17) is 11.6 Å². The zero-order chi connectivity index (χ0) is 15.6. The standard InChI is InChI=1S/C14H20ClN5O2.ClH/c15-13-17-4-1-11(18-13)19-6-2-14(22,3-7-19)10-20-8-5-16-9-12(20)21;/h1,4,16,22H,2-3,5-10H2;1H. The lowest BCUT2D eigenvalue weighted by Crippen LogP contribution is -2.56. The molecule has 0 atom stereocenters. The van der Waals surface area contributed by atoms with E-state index in [1.165, 1.54) is 0 Å². The lowest BCUT2D eigenvalue weighted by molar-refractivity contribution is -0.136. The van der Waals surface area contributed by atoms with Gasteiger partial charge in [0, 0.05) is 38.9 Å². The fraction of sp³-hybridized carbons (Fsp3) is 0.643. The maximum absolute atomic E-state index is 11.8. The van der Waals surface area contributed by atoms with E-state index in [1.54, 1.807) is 11.1 Å². The van der Waals surface area contributed by atoms with Crippen LogP contribution >= 0.6 is 24.0 Å². The Hall–Kier alpha value is -1.15. The van der Waals surface area contributed by atoms with Gasteiger partial charge in [0.2, 0.25) is 11.2 Å². The van der Waals surface area contributed by atoms with E-state index in [0.29, 0.717) is 45.6 Å². The Morgan fingerprint density at radius 2 is 2.09 bits per heavy atom. The van der Waals surface area contributed by atoms with Gasteiger partial charge in [-0.25, -0.2) is 9.97 Å². The molecule has 1 aromatic rings. The number of carbonyl (C=O) groups excluding carboxylic acids is 1. The van der Waals surface area contributed by atoms with E-state index < -0.39 is 5.60 Å². The molecule has 2 aliphatic heterocycles. The minimum absolute atomic E-state index is 0. The van der Waals surface area contributed by atoms with Crippen molar-refractivity contribution in [3.63, 3.8) is 0 Å². The quantitative estimate of drug-likeness (QED) is 0.754. The molecule has 0 saturated carbocycles. The van der Waals surface area contributed by atoms with E-state index in [9.17, 15) is 9.90 Å². The molecule has 1 aromatic heterocycles. The average Bonchev–Trinajstić information content (AvgIpc) is 2.50. The number of nitrogens with zero attached hydrogens (tertiary/aromatic N) is 4. The molecule has 3 rings (SSSR count). The third-order valence-corrected chi connectivity index (χ3v) is 4.48. The van der Waals surface area contributed by atoms with Gasteiger partial charge in [-0.2, -0.15) is 0 Å². The monoisotopic (exact) mass is 361 g/mol. The second kappa shape index (κ2) is 7.61. The first-order valence-electron chi connectivity index (χ1n) is 7.50. The maximum Gasteiger partial charge on any atom is 0.236 e. The van der Waals surface area contributed by atoms with Crippen LogP contribution in [0.2, 0.25) is 5.28 Å². The van der Waals surface area contributed by atoms with E-state index in [0.717, 1.165) is 12.4 Å². The van der Waals surface area contributed by atoms with Gasteiger partial charge in [0.1, 0.15) is 5.82 Å². The van der Waals surface area contributed by atoms with Crippen molar-refractivity contribution in [2.45, 2.75) is 18.4 Å². The van der Waals surface area contributed by atoms with Crippen molar-refractivity contribution in [3.05, 3.63) is 17.5 Å². The topological polar surface area (TPSA) is 81.6 Å². The highest BCUT2D eigenvalue weighted by molar-refractivity contribution is 6.28. The molecule has 3 heterocycles. The van der Waals surface area contributed by atoms with Gasteiger partial charge < -0.3 is 20.2 Å². The second-order valence-corrected chi connectivity index (χ2v) is 6.23. The molecule has 2 aliphatic rings. The molecule has 9 heteroatoms. The Morgan fingerprint density at radius 1 is 1.35 bits per heavy atom. The van der Waals surface area contributed by atoms with Crippen molar-refractivity contribution in [1.82, 2.24) is 20.2 Å². The summed E-state index contributed by atoms with van der Waals surface area (Å²) in [7, 11) is 0. The number of β-amino-alcohol motifs (C(OH)–C–C–N with tert-alkyl or cyclic N) is 1. The van der Waals surface area contributed by atoms with Crippen LogP contribution in [-0.2, 0) is 4.79 Å². The van der Waals surface area contributed by atoms with Gasteiger partial charge in [-0.15, -0.1) is 12.4 Å². The van der Waals surface area contributed by atoms with Crippen LogP contribution in [0.1, 0.15) is 12.8 Å². The third kappa shape index (κ3) is 4.44. The number of aliphatic hydroxyl groups is 1. The summed E-state index contributed by atoms with van der Waals surface area (Å²) < 4.78 is 0. The SMILES string of the molecule is Cl.O=C1CNCCN1CC1(O)CCN(c2ccnc(Cl)n2)CC1. The molecule has 128 valence electrons. The Bertz CT molecular complexity index is 552. The van der Waals surface area contributed by atoms with Gasteiger partial charge in [0.25, 0.3) is 0 Å².